The Morgan fingerprint density at radius 1 is 1.26 bits per heavy atom. The number of rotatable bonds is 7. The summed E-state index contributed by atoms with van der Waals surface area (Å²) in [6.07, 6.45) is 3.39. The van der Waals surface area contributed by atoms with Gasteiger partial charge in [0.2, 0.25) is 6.33 Å². The average Bonchev–Trinajstić information content (AvgIpc) is 3.20. The van der Waals surface area contributed by atoms with E-state index in [0.29, 0.717) is 10.6 Å². The SMILES string of the molecule is Cc1cc(C(=O)Cn2cnc([N+](=O)[O-])c2)c(C)n1CCc1ccc(Cl)cc1. The number of ketones is 1. The molecular formula is C19H19ClN4O3. The summed E-state index contributed by atoms with van der Waals surface area (Å²) in [4.78, 5) is 26.5. The zero-order valence-electron chi connectivity index (χ0n) is 15.1. The van der Waals surface area contributed by atoms with Crippen molar-refractivity contribution in [3.63, 3.8) is 0 Å². The first-order valence-corrected chi connectivity index (χ1v) is 8.83. The average molecular weight is 387 g/mol. The number of Topliss-reactive ketones (excluding diaryl/α,β-unsaturated/α-hetero) is 1. The van der Waals surface area contributed by atoms with Crippen molar-refractivity contribution in [2.24, 2.45) is 0 Å². The Bertz CT molecular complexity index is 989. The maximum absolute atomic E-state index is 12.6. The van der Waals surface area contributed by atoms with Gasteiger partial charge in [-0.15, -0.1) is 0 Å². The summed E-state index contributed by atoms with van der Waals surface area (Å²) in [5, 5.41) is 11.4. The Kier molecular flexibility index (Phi) is 5.41. The fraction of sp³-hybridized carbons (Fsp3) is 0.263. The van der Waals surface area contributed by atoms with Crippen LogP contribution < -0.4 is 0 Å². The van der Waals surface area contributed by atoms with Gasteiger partial charge < -0.3 is 19.2 Å². The Hall–Kier alpha value is -2.93. The number of benzene rings is 1. The summed E-state index contributed by atoms with van der Waals surface area (Å²) in [5.74, 6) is -0.371. The molecule has 0 aliphatic heterocycles. The van der Waals surface area contributed by atoms with E-state index in [0.717, 1.165) is 24.4 Å². The van der Waals surface area contributed by atoms with E-state index in [1.54, 1.807) is 0 Å². The zero-order valence-corrected chi connectivity index (χ0v) is 15.8. The molecular weight excluding hydrogens is 368 g/mol. The third kappa shape index (κ3) is 4.25. The van der Waals surface area contributed by atoms with Crippen molar-refractivity contribution in [2.75, 3.05) is 0 Å². The molecule has 0 saturated carbocycles. The van der Waals surface area contributed by atoms with Crippen LogP contribution in [0.25, 0.3) is 0 Å². The quantitative estimate of drug-likeness (QED) is 0.349. The molecule has 0 amide bonds. The van der Waals surface area contributed by atoms with Gasteiger partial charge in [0.15, 0.2) is 5.78 Å². The van der Waals surface area contributed by atoms with Crippen molar-refractivity contribution in [2.45, 2.75) is 33.4 Å². The van der Waals surface area contributed by atoms with Crippen LogP contribution in [0.15, 0.2) is 42.9 Å². The standard InChI is InChI=1S/C19H19ClN4O3/c1-13-9-17(18(25)10-22-11-19(21-12-22)24(26)27)14(2)23(13)8-7-15-3-5-16(20)6-4-15/h3-6,9,11-12H,7-8,10H2,1-2H3. The second-order valence-corrected chi connectivity index (χ2v) is 6.83. The minimum Gasteiger partial charge on any atom is -0.358 e. The topological polar surface area (TPSA) is 83.0 Å². The molecule has 7 nitrogen and oxygen atoms in total. The number of hydrogen-bond donors (Lipinski definition) is 0. The Labute approximate surface area is 161 Å². The molecule has 2 aromatic heterocycles. The number of imidazole rings is 1. The number of carbonyl (C=O) groups excluding carboxylic acids is 1. The highest BCUT2D eigenvalue weighted by molar-refractivity contribution is 6.30. The van der Waals surface area contributed by atoms with E-state index in [2.05, 4.69) is 9.55 Å². The first-order chi connectivity index (χ1) is 12.8. The predicted molar refractivity (Wildman–Crippen MR) is 102 cm³/mol. The number of hydrogen-bond acceptors (Lipinski definition) is 4. The van der Waals surface area contributed by atoms with Gasteiger partial charge in [0.25, 0.3) is 0 Å². The van der Waals surface area contributed by atoms with Crippen LogP contribution in [0.5, 0.6) is 0 Å². The molecule has 2 heterocycles. The number of aryl methyl sites for hydroxylation is 2. The fourth-order valence-electron chi connectivity index (χ4n) is 3.10. The van der Waals surface area contributed by atoms with E-state index in [9.17, 15) is 14.9 Å². The summed E-state index contributed by atoms with van der Waals surface area (Å²) in [7, 11) is 0. The highest BCUT2D eigenvalue weighted by Crippen LogP contribution is 2.18. The molecule has 0 saturated heterocycles. The normalized spacial score (nSPS) is 10.9. The molecule has 27 heavy (non-hydrogen) atoms. The lowest BCUT2D eigenvalue weighted by Crippen LogP contribution is -2.11. The molecule has 1 aromatic carbocycles. The number of carbonyl (C=O) groups is 1. The van der Waals surface area contributed by atoms with Crippen molar-refractivity contribution in [3.05, 3.63) is 80.5 Å². The zero-order chi connectivity index (χ0) is 19.6. The number of aromatic nitrogens is 3. The molecule has 0 radical (unpaired) electrons. The van der Waals surface area contributed by atoms with Gasteiger partial charge in [0.05, 0.1) is 6.54 Å². The molecule has 0 bridgehead atoms. The van der Waals surface area contributed by atoms with Crippen molar-refractivity contribution >= 4 is 23.2 Å². The molecule has 0 spiro atoms. The number of halogens is 1. The van der Waals surface area contributed by atoms with Gasteiger partial charge in [-0.25, -0.2) is 0 Å². The monoisotopic (exact) mass is 386 g/mol. The van der Waals surface area contributed by atoms with Crippen LogP contribution in [0.4, 0.5) is 5.82 Å². The lowest BCUT2D eigenvalue weighted by atomic mass is 10.1. The molecule has 8 heteroatoms. The van der Waals surface area contributed by atoms with Crippen LogP contribution in [-0.2, 0) is 19.5 Å². The molecule has 0 unspecified atom stereocenters. The Morgan fingerprint density at radius 3 is 2.59 bits per heavy atom. The van der Waals surface area contributed by atoms with Crippen LogP contribution in [0, 0.1) is 24.0 Å². The number of nitro groups is 1. The lowest BCUT2D eigenvalue weighted by Gasteiger charge is -2.10. The summed E-state index contributed by atoms with van der Waals surface area (Å²) in [6, 6.07) is 9.59. The van der Waals surface area contributed by atoms with Crippen LogP contribution in [0.1, 0.15) is 27.3 Å². The molecule has 140 valence electrons. The largest absolute Gasteiger partial charge is 0.381 e. The highest BCUT2D eigenvalue weighted by atomic mass is 35.5. The van der Waals surface area contributed by atoms with E-state index >= 15 is 0 Å². The summed E-state index contributed by atoms with van der Waals surface area (Å²) in [5.41, 5.74) is 3.69. The van der Waals surface area contributed by atoms with E-state index in [1.807, 2.05) is 44.2 Å². The number of nitrogens with zero attached hydrogens (tertiary/aromatic N) is 4. The third-order valence-corrected chi connectivity index (χ3v) is 4.80. The van der Waals surface area contributed by atoms with Crippen LogP contribution >= 0.6 is 11.6 Å². The predicted octanol–water partition coefficient (Wildman–Crippen LogP) is 3.99. The second-order valence-electron chi connectivity index (χ2n) is 6.40. The van der Waals surface area contributed by atoms with Gasteiger partial charge in [-0.2, -0.15) is 0 Å². The molecule has 3 aromatic rings. The third-order valence-electron chi connectivity index (χ3n) is 4.54. The van der Waals surface area contributed by atoms with Gasteiger partial charge in [-0.05, 0) is 53.9 Å². The molecule has 0 N–H and O–H groups in total. The molecule has 0 fully saturated rings. The summed E-state index contributed by atoms with van der Waals surface area (Å²) in [6.45, 7) is 4.65. The van der Waals surface area contributed by atoms with E-state index in [4.69, 9.17) is 11.6 Å². The highest BCUT2D eigenvalue weighted by Gasteiger charge is 2.18. The van der Waals surface area contributed by atoms with Crippen LogP contribution in [-0.4, -0.2) is 24.8 Å². The van der Waals surface area contributed by atoms with Crippen LogP contribution in [0.2, 0.25) is 5.02 Å². The van der Waals surface area contributed by atoms with Crippen molar-refractivity contribution in [1.82, 2.24) is 14.1 Å². The first kappa shape index (κ1) is 18.8. The smallest absolute Gasteiger partial charge is 0.358 e. The van der Waals surface area contributed by atoms with E-state index in [1.165, 1.54) is 22.7 Å². The summed E-state index contributed by atoms with van der Waals surface area (Å²) >= 11 is 5.92. The van der Waals surface area contributed by atoms with Gasteiger partial charge in [-0.1, -0.05) is 23.7 Å². The van der Waals surface area contributed by atoms with Gasteiger partial charge in [0, 0.05) is 28.5 Å². The lowest BCUT2D eigenvalue weighted by molar-refractivity contribution is -0.389. The Balaban J connectivity index is 1.72. The summed E-state index contributed by atoms with van der Waals surface area (Å²) < 4.78 is 3.54. The molecule has 3 rings (SSSR count). The molecule has 0 atom stereocenters. The molecule has 0 aliphatic rings. The minimum absolute atomic E-state index is 0.0162. The van der Waals surface area contributed by atoms with Crippen molar-refractivity contribution in [1.29, 1.82) is 0 Å². The molecule has 0 aliphatic carbocycles. The van der Waals surface area contributed by atoms with Gasteiger partial charge in [-0.3, -0.25) is 4.79 Å². The first-order valence-electron chi connectivity index (χ1n) is 8.45. The van der Waals surface area contributed by atoms with Gasteiger partial charge in [0.1, 0.15) is 6.20 Å². The maximum atomic E-state index is 12.6. The van der Waals surface area contributed by atoms with Crippen molar-refractivity contribution < 1.29 is 9.72 Å². The fourth-order valence-corrected chi connectivity index (χ4v) is 3.23. The second kappa shape index (κ2) is 7.75. The van der Waals surface area contributed by atoms with Gasteiger partial charge >= 0.3 is 5.82 Å². The van der Waals surface area contributed by atoms with E-state index in [-0.39, 0.29) is 18.1 Å². The van der Waals surface area contributed by atoms with Crippen LogP contribution in [0.3, 0.4) is 0 Å². The minimum atomic E-state index is -0.580. The van der Waals surface area contributed by atoms with Crippen molar-refractivity contribution in [3.8, 4) is 0 Å². The Morgan fingerprint density at radius 2 is 1.96 bits per heavy atom. The van der Waals surface area contributed by atoms with E-state index < -0.39 is 4.92 Å². The maximum Gasteiger partial charge on any atom is 0.381 e.